The first-order valence-corrected chi connectivity index (χ1v) is 9.43. The lowest BCUT2D eigenvalue weighted by atomic mass is 10.2. The monoisotopic (exact) mass is 386 g/mol. The Bertz CT molecular complexity index is 1150. The van der Waals surface area contributed by atoms with Crippen molar-refractivity contribution in [1.82, 2.24) is 30.3 Å². The molecule has 7 nitrogen and oxygen atoms in total. The van der Waals surface area contributed by atoms with Gasteiger partial charge in [0.25, 0.3) is 5.91 Å². The van der Waals surface area contributed by atoms with Crippen LogP contribution in [0.3, 0.4) is 0 Å². The molecule has 0 spiro atoms. The molecule has 2 aromatic heterocycles. The highest BCUT2D eigenvalue weighted by Gasteiger charge is 2.21. The van der Waals surface area contributed by atoms with Gasteiger partial charge in [-0.15, -0.1) is 5.10 Å². The topological polar surface area (TPSA) is 88.5 Å². The van der Waals surface area contributed by atoms with Gasteiger partial charge in [-0.25, -0.2) is 9.67 Å². The SMILES string of the molecule is Cc1cccc(-n2nnc(C(=O)NC(C)c3ncc(-c4ccccc4)[nH]3)c2C)c1. The summed E-state index contributed by atoms with van der Waals surface area (Å²) in [6, 6.07) is 17.5. The van der Waals surface area contributed by atoms with Gasteiger partial charge in [-0.05, 0) is 44.0 Å². The third-order valence-corrected chi connectivity index (χ3v) is 4.79. The van der Waals surface area contributed by atoms with Gasteiger partial charge in [0.2, 0.25) is 0 Å². The molecule has 0 aliphatic heterocycles. The minimum Gasteiger partial charge on any atom is -0.341 e. The van der Waals surface area contributed by atoms with Crippen molar-refractivity contribution in [3.63, 3.8) is 0 Å². The minimum atomic E-state index is -0.302. The largest absolute Gasteiger partial charge is 0.341 e. The second-order valence-electron chi connectivity index (χ2n) is 7.02. The standard InChI is InChI=1S/C22H22N6O/c1-14-8-7-11-18(12-14)28-16(3)20(26-27-28)22(29)24-15(2)21-23-13-19(25-21)17-9-5-4-6-10-17/h4-13,15H,1-3H3,(H,23,25)(H,24,29). The van der Waals surface area contributed by atoms with Gasteiger partial charge in [0.15, 0.2) is 5.69 Å². The number of carbonyl (C=O) groups is 1. The lowest BCUT2D eigenvalue weighted by molar-refractivity contribution is 0.0932. The number of benzene rings is 2. The first-order chi connectivity index (χ1) is 14.0. The number of aryl methyl sites for hydroxylation is 1. The van der Waals surface area contributed by atoms with Crippen molar-refractivity contribution in [3.05, 3.63) is 83.6 Å². The van der Waals surface area contributed by atoms with Crippen molar-refractivity contribution in [3.8, 4) is 16.9 Å². The number of nitrogens with one attached hydrogen (secondary N) is 2. The summed E-state index contributed by atoms with van der Waals surface area (Å²) < 4.78 is 1.67. The van der Waals surface area contributed by atoms with Crippen LogP contribution < -0.4 is 5.32 Å². The van der Waals surface area contributed by atoms with Crippen molar-refractivity contribution < 1.29 is 4.79 Å². The number of hydrogen-bond donors (Lipinski definition) is 2. The third kappa shape index (κ3) is 3.80. The maximum absolute atomic E-state index is 12.8. The lowest BCUT2D eigenvalue weighted by Crippen LogP contribution is -2.28. The molecule has 146 valence electrons. The molecular weight excluding hydrogens is 364 g/mol. The van der Waals surface area contributed by atoms with Crippen molar-refractivity contribution in [1.29, 1.82) is 0 Å². The number of H-pyrrole nitrogens is 1. The summed E-state index contributed by atoms with van der Waals surface area (Å²) in [6.07, 6.45) is 1.77. The van der Waals surface area contributed by atoms with Crippen molar-refractivity contribution in [2.75, 3.05) is 0 Å². The van der Waals surface area contributed by atoms with E-state index in [0.29, 0.717) is 17.2 Å². The van der Waals surface area contributed by atoms with E-state index in [2.05, 4.69) is 25.6 Å². The molecule has 2 heterocycles. The number of carbonyl (C=O) groups excluding carboxylic acids is 1. The molecule has 0 bridgehead atoms. The lowest BCUT2D eigenvalue weighted by Gasteiger charge is -2.11. The van der Waals surface area contributed by atoms with Gasteiger partial charge >= 0.3 is 0 Å². The van der Waals surface area contributed by atoms with Crippen LogP contribution in [-0.4, -0.2) is 30.9 Å². The zero-order valence-corrected chi connectivity index (χ0v) is 16.5. The van der Waals surface area contributed by atoms with Crippen molar-refractivity contribution in [2.24, 2.45) is 0 Å². The Hall–Kier alpha value is -3.74. The zero-order chi connectivity index (χ0) is 20.4. The van der Waals surface area contributed by atoms with E-state index in [1.54, 1.807) is 10.9 Å². The second-order valence-corrected chi connectivity index (χ2v) is 7.02. The number of hydrogen-bond acceptors (Lipinski definition) is 4. The average Bonchev–Trinajstić information content (AvgIpc) is 3.36. The van der Waals surface area contributed by atoms with E-state index in [1.165, 1.54) is 0 Å². The van der Waals surface area contributed by atoms with Gasteiger partial charge in [-0.3, -0.25) is 4.79 Å². The summed E-state index contributed by atoms with van der Waals surface area (Å²) in [5.74, 6) is 0.396. The Morgan fingerprint density at radius 2 is 1.90 bits per heavy atom. The van der Waals surface area contributed by atoms with E-state index in [4.69, 9.17) is 0 Å². The Kier molecular flexibility index (Phi) is 4.95. The van der Waals surface area contributed by atoms with Crippen LogP contribution in [0.1, 0.15) is 40.5 Å². The molecule has 1 atom stereocenters. The predicted molar refractivity (Wildman–Crippen MR) is 111 cm³/mol. The van der Waals surface area contributed by atoms with E-state index >= 15 is 0 Å². The number of nitrogens with zero attached hydrogens (tertiary/aromatic N) is 4. The molecule has 0 aliphatic rings. The molecule has 0 saturated heterocycles. The quantitative estimate of drug-likeness (QED) is 0.546. The molecule has 0 radical (unpaired) electrons. The second kappa shape index (κ2) is 7.71. The van der Waals surface area contributed by atoms with E-state index in [9.17, 15) is 4.79 Å². The Morgan fingerprint density at radius 1 is 1.10 bits per heavy atom. The average molecular weight is 386 g/mol. The molecule has 29 heavy (non-hydrogen) atoms. The van der Waals surface area contributed by atoms with Gasteiger partial charge in [0, 0.05) is 0 Å². The van der Waals surface area contributed by atoms with Crippen LogP contribution in [0.15, 0.2) is 60.8 Å². The maximum Gasteiger partial charge on any atom is 0.274 e. The highest BCUT2D eigenvalue weighted by Crippen LogP contribution is 2.19. The molecule has 7 heteroatoms. The van der Waals surface area contributed by atoms with Gasteiger partial charge in [-0.2, -0.15) is 0 Å². The van der Waals surface area contributed by atoms with E-state index in [0.717, 1.165) is 22.5 Å². The first kappa shape index (κ1) is 18.6. The molecule has 4 aromatic rings. The molecule has 1 unspecified atom stereocenters. The fourth-order valence-electron chi connectivity index (χ4n) is 3.20. The summed E-state index contributed by atoms with van der Waals surface area (Å²) in [6.45, 7) is 5.73. The van der Waals surface area contributed by atoms with Crippen LogP contribution >= 0.6 is 0 Å². The van der Waals surface area contributed by atoms with Gasteiger partial charge in [-0.1, -0.05) is 47.7 Å². The molecule has 2 aromatic carbocycles. The van der Waals surface area contributed by atoms with Crippen LogP contribution in [0.25, 0.3) is 16.9 Å². The zero-order valence-electron chi connectivity index (χ0n) is 16.5. The number of aromatic amines is 1. The van der Waals surface area contributed by atoms with Crippen molar-refractivity contribution in [2.45, 2.75) is 26.8 Å². The molecule has 0 aliphatic carbocycles. The van der Waals surface area contributed by atoms with E-state index in [-0.39, 0.29) is 11.9 Å². The summed E-state index contributed by atoms with van der Waals surface area (Å²) in [5.41, 5.74) is 4.92. The van der Waals surface area contributed by atoms with Crippen LogP contribution in [0, 0.1) is 13.8 Å². The summed E-state index contributed by atoms with van der Waals surface area (Å²) >= 11 is 0. The van der Waals surface area contributed by atoms with Crippen LogP contribution in [0.2, 0.25) is 0 Å². The Labute approximate surface area is 168 Å². The Morgan fingerprint density at radius 3 is 2.66 bits per heavy atom. The number of imidazole rings is 1. The molecule has 4 rings (SSSR count). The molecule has 2 N–H and O–H groups in total. The van der Waals surface area contributed by atoms with E-state index in [1.807, 2.05) is 75.4 Å². The van der Waals surface area contributed by atoms with Gasteiger partial charge in [0.05, 0.1) is 29.3 Å². The summed E-state index contributed by atoms with van der Waals surface area (Å²) in [5, 5.41) is 11.2. The number of rotatable bonds is 5. The highest BCUT2D eigenvalue weighted by molar-refractivity contribution is 5.93. The normalized spacial score (nSPS) is 12.0. The van der Waals surface area contributed by atoms with Crippen LogP contribution in [0.4, 0.5) is 0 Å². The number of amides is 1. The van der Waals surface area contributed by atoms with Crippen molar-refractivity contribution >= 4 is 5.91 Å². The molecule has 0 saturated carbocycles. The molecule has 1 amide bonds. The summed E-state index contributed by atoms with van der Waals surface area (Å²) in [4.78, 5) is 20.5. The summed E-state index contributed by atoms with van der Waals surface area (Å²) in [7, 11) is 0. The minimum absolute atomic E-state index is 0.286. The smallest absolute Gasteiger partial charge is 0.274 e. The predicted octanol–water partition coefficient (Wildman–Crippen LogP) is 3.77. The van der Waals surface area contributed by atoms with E-state index < -0.39 is 0 Å². The fourth-order valence-corrected chi connectivity index (χ4v) is 3.20. The fraction of sp³-hybridized carbons (Fsp3) is 0.182. The third-order valence-electron chi connectivity index (χ3n) is 4.79. The van der Waals surface area contributed by atoms with Gasteiger partial charge in [0.1, 0.15) is 5.82 Å². The maximum atomic E-state index is 12.8. The molecule has 0 fully saturated rings. The first-order valence-electron chi connectivity index (χ1n) is 9.43. The Balaban J connectivity index is 1.51. The van der Waals surface area contributed by atoms with Gasteiger partial charge < -0.3 is 10.3 Å². The van der Waals surface area contributed by atoms with Crippen LogP contribution in [0.5, 0.6) is 0 Å². The highest BCUT2D eigenvalue weighted by atomic mass is 16.2. The molecular formula is C22H22N6O. The number of aromatic nitrogens is 5. The van der Waals surface area contributed by atoms with Crippen LogP contribution in [-0.2, 0) is 0 Å².